The lowest BCUT2D eigenvalue weighted by Crippen LogP contribution is -2.23. The molecule has 8 heteroatoms. The van der Waals surface area contributed by atoms with E-state index in [1.807, 2.05) is 0 Å². The van der Waals surface area contributed by atoms with E-state index in [9.17, 15) is 10.5 Å². The van der Waals surface area contributed by atoms with Gasteiger partial charge in [-0.05, 0) is 118 Å². The number of allylic oxidation sites excluding steroid dienone is 3. The van der Waals surface area contributed by atoms with Gasteiger partial charge in [0, 0.05) is 38.4 Å². The molecule has 0 bridgehead atoms. The van der Waals surface area contributed by atoms with Gasteiger partial charge >= 0.3 is 0 Å². The fourth-order valence-corrected chi connectivity index (χ4v) is 12.7. The minimum Gasteiger partial charge on any atom is -0.493 e. The molecule has 6 atom stereocenters. The highest BCUT2D eigenvalue weighted by Gasteiger charge is 2.43. The van der Waals surface area contributed by atoms with Gasteiger partial charge in [0.1, 0.15) is 28.1 Å². The van der Waals surface area contributed by atoms with Crippen molar-refractivity contribution >= 4 is 66.1 Å². The van der Waals surface area contributed by atoms with Crippen LogP contribution in [0.25, 0.3) is 43.0 Å². The Morgan fingerprint density at radius 1 is 0.750 bits per heavy atom. The van der Waals surface area contributed by atoms with E-state index in [-0.39, 0.29) is 17.8 Å². The van der Waals surface area contributed by atoms with Crippen LogP contribution in [0.3, 0.4) is 0 Å². The van der Waals surface area contributed by atoms with Crippen molar-refractivity contribution in [1.82, 2.24) is 10.3 Å². The number of hydrogen-bond donors (Lipinski definition) is 1. The molecular weight excluding hydrogens is 921 g/mol. The summed E-state index contributed by atoms with van der Waals surface area (Å²) < 4.78 is 13.9. The Hall–Kier alpha value is -6.32. The van der Waals surface area contributed by atoms with Crippen molar-refractivity contribution in [3.05, 3.63) is 166 Å². The molecule has 0 spiro atoms. The lowest BCUT2D eigenvalue weighted by Gasteiger charge is -2.30. The average Bonchev–Trinajstić information content (AvgIpc) is 4.03. The lowest BCUT2D eigenvalue weighted by molar-refractivity contribution is 0.233. The number of thiazole rings is 1. The van der Waals surface area contributed by atoms with E-state index in [1.54, 1.807) is 23.1 Å². The number of nitrogens with zero attached hydrogens (tertiary/aromatic N) is 3. The van der Waals surface area contributed by atoms with Crippen molar-refractivity contribution in [2.45, 2.75) is 111 Å². The van der Waals surface area contributed by atoms with Crippen LogP contribution >= 0.6 is 23.1 Å². The van der Waals surface area contributed by atoms with E-state index in [1.165, 1.54) is 25.7 Å². The first-order valence-electron chi connectivity index (χ1n) is 26.3. The van der Waals surface area contributed by atoms with Gasteiger partial charge in [0.2, 0.25) is 0 Å². The normalized spacial score (nSPS) is 16.4. The predicted octanol–water partition coefficient (Wildman–Crippen LogP) is 17.9. The second-order valence-corrected chi connectivity index (χ2v) is 21.9. The van der Waals surface area contributed by atoms with Gasteiger partial charge in [0.15, 0.2) is 0 Å². The third-order valence-electron chi connectivity index (χ3n) is 15.0. The topological polar surface area (TPSA) is 91.0 Å². The van der Waals surface area contributed by atoms with Crippen LogP contribution in [-0.4, -0.2) is 18.2 Å². The number of nitriles is 2. The molecule has 1 aliphatic rings. The monoisotopic (exact) mass is 990 g/mol. The van der Waals surface area contributed by atoms with E-state index in [0.717, 1.165) is 112 Å². The number of aryl methyl sites for hydroxylation is 1. The number of hydrogen-bond acceptors (Lipinski definition) is 8. The van der Waals surface area contributed by atoms with Gasteiger partial charge in [-0.3, -0.25) is 0 Å². The molecule has 72 heavy (non-hydrogen) atoms. The van der Waals surface area contributed by atoms with E-state index < -0.39 is 5.92 Å². The first-order chi connectivity index (χ1) is 35.1. The van der Waals surface area contributed by atoms with Crippen molar-refractivity contribution in [2.75, 3.05) is 13.2 Å². The van der Waals surface area contributed by atoms with Crippen molar-refractivity contribution in [1.29, 1.82) is 10.5 Å². The number of nitrogens with one attached hydrogen (secondary N) is 1. The fourth-order valence-electron chi connectivity index (χ4n) is 10.4. The standard InChI is InChI=1S/C64H70N4O2S2/c1-9-13-19-45(11-3)39-69-51-32-27-47(28-33-51)42(6)58-59(43(7)55(37-65)44(8)71-62-41(5)25-26-48-21-15-17-23-53(48)62)60(50-29-34-52(35-30-50)70-40-46(12-4)20-14-10-2)68-61(58)56(38-66)64-67-57-36-31-49-22-16-18-24-54(49)63(57)72-64/h15-18,21-36,42-43,45-46,55,58,68H,8-14,19-20,39-40H2,1-7H3/b61-56-. The highest BCUT2D eigenvalue weighted by atomic mass is 32.2. The summed E-state index contributed by atoms with van der Waals surface area (Å²) in [5.74, 6) is 1.31. The SMILES string of the molecule is C=C(Sc1c(C)ccc2ccccc12)C(C#N)C(C)C1=C(c2ccc(OCC(CC)CCCC)cc2)N/C(=C(/C#N)c2nc3ccc4ccccc4c3s2)C1C(C)c1ccc(OCC(CC)CCCC)cc1. The smallest absolute Gasteiger partial charge is 0.137 e. The molecule has 0 radical (unpaired) electrons. The van der Waals surface area contributed by atoms with Crippen LogP contribution in [0.5, 0.6) is 11.5 Å². The second-order valence-electron chi connectivity index (χ2n) is 19.7. The van der Waals surface area contributed by atoms with Gasteiger partial charge in [-0.15, -0.1) is 11.3 Å². The lowest BCUT2D eigenvalue weighted by atomic mass is 9.73. The Bertz CT molecular complexity index is 3150. The van der Waals surface area contributed by atoms with Crippen LogP contribution in [0.15, 0.2) is 149 Å². The maximum Gasteiger partial charge on any atom is 0.137 e. The highest BCUT2D eigenvalue weighted by molar-refractivity contribution is 8.03. The molecule has 1 aliphatic heterocycles. The third kappa shape index (κ3) is 11.5. The van der Waals surface area contributed by atoms with Crippen molar-refractivity contribution in [3.63, 3.8) is 0 Å². The Labute approximate surface area is 436 Å². The Balaban J connectivity index is 1.26. The zero-order valence-electron chi connectivity index (χ0n) is 43.3. The van der Waals surface area contributed by atoms with Crippen molar-refractivity contribution in [2.24, 2.45) is 29.6 Å². The van der Waals surface area contributed by atoms with Gasteiger partial charge in [0.05, 0.1) is 35.4 Å². The molecule has 2 heterocycles. The summed E-state index contributed by atoms with van der Waals surface area (Å²) in [6.07, 6.45) is 9.24. The highest BCUT2D eigenvalue weighted by Crippen LogP contribution is 2.52. The van der Waals surface area contributed by atoms with Crippen LogP contribution in [0, 0.1) is 59.2 Å². The van der Waals surface area contributed by atoms with E-state index in [4.69, 9.17) is 14.5 Å². The summed E-state index contributed by atoms with van der Waals surface area (Å²) in [6, 6.07) is 47.6. The summed E-state index contributed by atoms with van der Waals surface area (Å²) in [4.78, 5) is 7.08. The molecule has 0 amide bonds. The third-order valence-corrected chi connectivity index (χ3v) is 17.3. The fraction of sp³-hybridized carbons (Fsp3) is 0.359. The zero-order valence-corrected chi connectivity index (χ0v) is 44.9. The quantitative estimate of drug-likeness (QED) is 0.0504. The van der Waals surface area contributed by atoms with E-state index in [2.05, 4.69) is 194 Å². The number of ether oxygens (including phenoxy) is 2. The Kier molecular flexibility index (Phi) is 17.6. The number of aromatic nitrogens is 1. The number of benzene rings is 6. The first kappa shape index (κ1) is 52.0. The molecule has 0 saturated heterocycles. The minimum absolute atomic E-state index is 0.139. The van der Waals surface area contributed by atoms with Crippen molar-refractivity contribution in [3.8, 4) is 23.6 Å². The molecule has 7 aromatic rings. The van der Waals surface area contributed by atoms with Gasteiger partial charge in [-0.25, -0.2) is 4.98 Å². The summed E-state index contributed by atoms with van der Waals surface area (Å²) in [5.41, 5.74) is 7.30. The number of fused-ring (bicyclic) bond motifs is 4. The van der Waals surface area contributed by atoms with Crippen LogP contribution in [0.4, 0.5) is 0 Å². The van der Waals surface area contributed by atoms with Crippen LogP contribution in [0.2, 0.25) is 0 Å². The maximum absolute atomic E-state index is 11.5. The van der Waals surface area contributed by atoms with Gasteiger partial charge in [-0.2, -0.15) is 10.5 Å². The number of thioether (sulfide) groups is 1. The molecule has 0 saturated carbocycles. The molecule has 1 N–H and O–H groups in total. The first-order valence-corrected chi connectivity index (χ1v) is 27.9. The van der Waals surface area contributed by atoms with Gasteiger partial charge in [0.25, 0.3) is 0 Å². The summed E-state index contributed by atoms with van der Waals surface area (Å²) in [5, 5.41) is 32.0. The van der Waals surface area contributed by atoms with Crippen LogP contribution in [0.1, 0.15) is 121 Å². The predicted molar refractivity (Wildman–Crippen MR) is 304 cm³/mol. The molecule has 0 fully saturated rings. The molecule has 0 aliphatic carbocycles. The molecule has 6 nitrogen and oxygen atoms in total. The largest absolute Gasteiger partial charge is 0.493 e. The summed E-state index contributed by atoms with van der Waals surface area (Å²) in [7, 11) is 0. The number of rotatable bonds is 23. The van der Waals surface area contributed by atoms with Crippen molar-refractivity contribution < 1.29 is 9.47 Å². The Morgan fingerprint density at radius 2 is 1.33 bits per heavy atom. The second kappa shape index (κ2) is 24.4. The van der Waals surface area contributed by atoms with Crippen LogP contribution in [-0.2, 0) is 0 Å². The molecule has 8 rings (SSSR count). The minimum atomic E-state index is -0.583. The van der Waals surface area contributed by atoms with Gasteiger partial charge < -0.3 is 14.8 Å². The molecule has 1 aromatic heterocycles. The van der Waals surface area contributed by atoms with Crippen LogP contribution < -0.4 is 14.8 Å². The molecular formula is C64H70N4O2S2. The molecule has 6 unspecified atom stereocenters. The summed E-state index contributed by atoms with van der Waals surface area (Å²) in [6.45, 7) is 21.6. The van der Waals surface area contributed by atoms with Gasteiger partial charge in [-0.1, -0.05) is 177 Å². The molecule has 370 valence electrons. The van der Waals surface area contributed by atoms with E-state index >= 15 is 0 Å². The zero-order chi connectivity index (χ0) is 50.7. The Morgan fingerprint density at radius 3 is 1.93 bits per heavy atom. The molecule has 6 aromatic carbocycles. The van der Waals surface area contributed by atoms with E-state index in [0.29, 0.717) is 35.6 Å². The average molecular weight is 991 g/mol. The number of unbranched alkanes of at least 4 members (excludes halogenated alkanes) is 2. The maximum atomic E-state index is 11.5. The summed E-state index contributed by atoms with van der Waals surface area (Å²) >= 11 is 3.16.